The van der Waals surface area contributed by atoms with Crippen molar-refractivity contribution in [2.24, 2.45) is 5.73 Å². The second-order valence-electron chi connectivity index (χ2n) is 4.29. The van der Waals surface area contributed by atoms with Crippen molar-refractivity contribution in [2.75, 3.05) is 0 Å². The predicted octanol–water partition coefficient (Wildman–Crippen LogP) is 1.80. The van der Waals surface area contributed by atoms with Crippen LogP contribution in [0.4, 0.5) is 4.39 Å². The number of carbonyl (C=O) groups is 1. The van der Waals surface area contributed by atoms with Crippen molar-refractivity contribution < 1.29 is 9.18 Å². The molecule has 0 saturated heterocycles. The normalized spacial score (nSPS) is 12.5. The maximum Gasteiger partial charge on any atom is 0.234 e. The van der Waals surface area contributed by atoms with Gasteiger partial charge >= 0.3 is 0 Å². The van der Waals surface area contributed by atoms with Crippen molar-refractivity contribution in [1.29, 1.82) is 0 Å². The van der Waals surface area contributed by atoms with E-state index in [4.69, 9.17) is 5.73 Å². The van der Waals surface area contributed by atoms with Gasteiger partial charge in [-0.25, -0.2) is 4.39 Å². The Morgan fingerprint density at radius 3 is 2.35 bits per heavy atom. The van der Waals surface area contributed by atoms with Gasteiger partial charge in [0.2, 0.25) is 5.91 Å². The molecule has 1 atom stereocenters. The lowest BCUT2D eigenvalue weighted by Crippen LogP contribution is -2.40. The molecule has 1 amide bonds. The van der Waals surface area contributed by atoms with E-state index in [-0.39, 0.29) is 17.8 Å². The SMILES string of the molecule is CCC(NCc1cc(C)c(F)c(C)c1)C(N)=O. The number of aryl methyl sites for hydroxylation is 2. The van der Waals surface area contributed by atoms with E-state index in [0.717, 1.165) is 5.56 Å². The van der Waals surface area contributed by atoms with E-state index in [9.17, 15) is 9.18 Å². The van der Waals surface area contributed by atoms with E-state index >= 15 is 0 Å². The maximum absolute atomic E-state index is 13.4. The summed E-state index contributed by atoms with van der Waals surface area (Å²) in [6, 6.07) is 3.23. The monoisotopic (exact) mass is 238 g/mol. The molecule has 0 spiro atoms. The second-order valence-corrected chi connectivity index (χ2v) is 4.29. The van der Waals surface area contributed by atoms with E-state index in [2.05, 4.69) is 5.32 Å². The Balaban J connectivity index is 2.73. The number of nitrogens with one attached hydrogen (secondary N) is 1. The zero-order valence-corrected chi connectivity index (χ0v) is 10.5. The van der Waals surface area contributed by atoms with Gasteiger partial charge in [-0.2, -0.15) is 0 Å². The lowest BCUT2D eigenvalue weighted by atomic mass is 10.1. The van der Waals surface area contributed by atoms with Crippen LogP contribution in [0.15, 0.2) is 12.1 Å². The third-order valence-electron chi connectivity index (χ3n) is 2.80. The average molecular weight is 238 g/mol. The highest BCUT2D eigenvalue weighted by Crippen LogP contribution is 2.14. The van der Waals surface area contributed by atoms with Crippen molar-refractivity contribution in [1.82, 2.24) is 5.32 Å². The minimum absolute atomic E-state index is 0.171. The van der Waals surface area contributed by atoms with Crippen LogP contribution in [0.2, 0.25) is 0 Å². The van der Waals surface area contributed by atoms with E-state index in [0.29, 0.717) is 24.1 Å². The van der Waals surface area contributed by atoms with Crippen molar-refractivity contribution in [3.05, 3.63) is 34.6 Å². The Morgan fingerprint density at radius 2 is 1.94 bits per heavy atom. The number of nitrogens with two attached hydrogens (primary N) is 1. The molecule has 94 valence electrons. The second kappa shape index (κ2) is 5.77. The summed E-state index contributed by atoms with van der Waals surface area (Å²) in [5.74, 6) is -0.529. The zero-order chi connectivity index (χ0) is 13.0. The summed E-state index contributed by atoms with van der Waals surface area (Å²) in [6.07, 6.45) is 0.647. The molecule has 0 saturated carbocycles. The first-order valence-electron chi connectivity index (χ1n) is 5.74. The molecular weight excluding hydrogens is 219 g/mol. The lowest BCUT2D eigenvalue weighted by molar-refractivity contribution is -0.120. The minimum Gasteiger partial charge on any atom is -0.368 e. The summed E-state index contributed by atoms with van der Waals surface area (Å²) < 4.78 is 13.4. The van der Waals surface area contributed by atoms with Crippen molar-refractivity contribution in [2.45, 2.75) is 39.8 Å². The number of primary amides is 1. The van der Waals surface area contributed by atoms with Crippen LogP contribution in [0, 0.1) is 19.7 Å². The van der Waals surface area contributed by atoms with Crippen LogP contribution < -0.4 is 11.1 Å². The van der Waals surface area contributed by atoms with Crippen molar-refractivity contribution in [3.8, 4) is 0 Å². The van der Waals surface area contributed by atoms with Gasteiger partial charge in [-0.3, -0.25) is 4.79 Å². The molecule has 1 aromatic carbocycles. The highest BCUT2D eigenvalue weighted by Gasteiger charge is 2.12. The molecule has 0 aliphatic rings. The van der Waals surface area contributed by atoms with Gasteiger partial charge in [-0.05, 0) is 37.0 Å². The fourth-order valence-electron chi connectivity index (χ4n) is 1.82. The first kappa shape index (κ1) is 13.6. The summed E-state index contributed by atoms with van der Waals surface area (Å²) in [5.41, 5.74) is 7.43. The molecule has 0 aliphatic carbocycles. The predicted molar refractivity (Wildman–Crippen MR) is 66.0 cm³/mol. The van der Waals surface area contributed by atoms with Gasteiger partial charge in [0, 0.05) is 6.54 Å². The number of halogens is 1. The molecular formula is C13H19FN2O. The van der Waals surface area contributed by atoms with E-state index in [1.54, 1.807) is 26.0 Å². The van der Waals surface area contributed by atoms with Crippen molar-refractivity contribution in [3.63, 3.8) is 0 Å². The van der Waals surface area contributed by atoms with Crippen molar-refractivity contribution >= 4 is 5.91 Å². The number of hydrogen-bond acceptors (Lipinski definition) is 2. The number of hydrogen-bond donors (Lipinski definition) is 2. The van der Waals surface area contributed by atoms with Gasteiger partial charge in [0.25, 0.3) is 0 Å². The first-order valence-corrected chi connectivity index (χ1v) is 5.74. The molecule has 0 fully saturated rings. The fraction of sp³-hybridized carbons (Fsp3) is 0.462. The quantitative estimate of drug-likeness (QED) is 0.821. The molecule has 0 aliphatic heterocycles. The third kappa shape index (κ3) is 3.53. The standard InChI is InChI=1S/C13H19FN2O/c1-4-11(13(15)17)16-7-10-5-8(2)12(14)9(3)6-10/h5-6,11,16H,4,7H2,1-3H3,(H2,15,17). The summed E-state index contributed by atoms with van der Waals surface area (Å²) in [7, 11) is 0. The molecule has 3 N–H and O–H groups in total. The fourth-order valence-corrected chi connectivity index (χ4v) is 1.82. The van der Waals surface area contributed by atoms with E-state index in [1.165, 1.54) is 0 Å². The van der Waals surface area contributed by atoms with Crippen LogP contribution in [0.25, 0.3) is 0 Å². The van der Waals surface area contributed by atoms with Crippen LogP contribution in [0.1, 0.15) is 30.0 Å². The molecule has 1 aromatic rings. The molecule has 0 radical (unpaired) electrons. The number of amides is 1. The highest BCUT2D eigenvalue weighted by molar-refractivity contribution is 5.79. The molecule has 0 heterocycles. The van der Waals surface area contributed by atoms with Gasteiger partial charge in [-0.1, -0.05) is 19.1 Å². The molecule has 0 bridgehead atoms. The van der Waals surface area contributed by atoms with Gasteiger partial charge in [0.1, 0.15) is 5.82 Å². The van der Waals surface area contributed by atoms with E-state index in [1.807, 2.05) is 6.92 Å². The molecule has 4 heteroatoms. The number of benzene rings is 1. The van der Waals surface area contributed by atoms with Crippen LogP contribution >= 0.6 is 0 Å². The molecule has 1 rings (SSSR count). The molecule has 0 aromatic heterocycles. The average Bonchev–Trinajstić information content (AvgIpc) is 2.26. The Hall–Kier alpha value is -1.42. The summed E-state index contributed by atoms with van der Waals surface area (Å²) >= 11 is 0. The third-order valence-corrected chi connectivity index (χ3v) is 2.80. The minimum atomic E-state index is -0.358. The zero-order valence-electron chi connectivity index (χ0n) is 10.5. The van der Waals surface area contributed by atoms with Gasteiger partial charge in [0.05, 0.1) is 6.04 Å². The Kier molecular flexibility index (Phi) is 4.63. The van der Waals surface area contributed by atoms with Gasteiger partial charge < -0.3 is 11.1 Å². The summed E-state index contributed by atoms with van der Waals surface area (Å²) in [6.45, 7) is 5.88. The largest absolute Gasteiger partial charge is 0.368 e. The number of rotatable bonds is 5. The van der Waals surface area contributed by atoms with Crippen LogP contribution in [-0.2, 0) is 11.3 Å². The van der Waals surface area contributed by atoms with Gasteiger partial charge in [-0.15, -0.1) is 0 Å². The molecule has 3 nitrogen and oxygen atoms in total. The topological polar surface area (TPSA) is 55.1 Å². The number of carbonyl (C=O) groups excluding carboxylic acids is 1. The Bertz CT molecular complexity index is 395. The van der Waals surface area contributed by atoms with Crippen LogP contribution in [-0.4, -0.2) is 11.9 Å². The van der Waals surface area contributed by atoms with Gasteiger partial charge in [0.15, 0.2) is 0 Å². The summed E-state index contributed by atoms with van der Waals surface area (Å²) in [5, 5.41) is 3.06. The Morgan fingerprint density at radius 1 is 1.41 bits per heavy atom. The van der Waals surface area contributed by atoms with Crippen LogP contribution in [0.3, 0.4) is 0 Å². The highest BCUT2D eigenvalue weighted by atomic mass is 19.1. The smallest absolute Gasteiger partial charge is 0.234 e. The first-order chi connectivity index (χ1) is 7.95. The lowest BCUT2D eigenvalue weighted by Gasteiger charge is -2.14. The summed E-state index contributed by atoms with van der Waals surface area (Å²) in [4.78, 5) is 11.0. The molecule has 17 heavy (non-hydrogen) atoms. The molecule has 1 unspecified atom stereocenters. The maximum atomic E-state index is 13.4. The van der Waals surface area contributed by atoms with Crippen LogP contribution in [0.5, 0.6) is 0 Å². The Labute approximate surface area is 101 Å². The van der Waals surface area contributed by atoms with E-state index < -0.39 is 0 Å².